The van der Waals surface area contributed by atoms with Crippen molar-refractivity contribution >= 4 is 16.9 Å². The van der Waals surface area contributed by atoms with E-state index >= 15 is 0 Å². The lowest BCUT2D eigenvalue weighted by Crippen LogP contribution is -2.32. The van der Waals surface area contributed by atoms with Crippen LogP contribution in [0.4, 0.5) is 0 Å². The second kappa shape index (κ2) is 4.98. The first-order valence-electron chi connectivity index (χ1n) is 7.65. The molecule has 4 rings (SSSR count). The minimum atomic E-state index is 0.00669. The van der Waals surface area contributed by atoms with Crippen molar-refractivity contribution in [2.24, 2.45) is 11.8 Å². The maximum absolute atomic E-state index is 12.7. The molecule has 2 aliphatic rings. The Hall–Kier alpha value is -2.08. The standard InChI is InChI=1S/C16H20N4O2/c1-19-6-10-8-20(9-11(10)7-19)16(21)15-17-13-4-3-12(22-2)5-14(13)18-15/h3-5,10-11H,6-9H2,1-2H3,(H,17,18)/t10-,11+. The number of imidazole rings is 1. The molecule has 2 aromatic rings. The lowest BCUT2D eigenvalue weighted by atomic mass is 10.0. The number of methoxy groups -OCH3 is 1. The van der Waals surface area contributed by atoms with E-state index in [9.17, 15) is 4.79 Å². The highest BCUT2D eigenvalue weighted by Gasteiger charge is 2.41. The fourth-order valence-corrected chi connectivity index (χ4v) is 3.76. The number of ether oxygens (including phenoxy) is 1. The summed E-state index contributed by atoms with van der Waals surface area (Å²) in [5, 5.41) is 0. The van der Waals surface area contributed by atoms with Crippen molar-refractivity contribution < 1.29 is 9.53 Å². The first kappa shape index (κ1) is 13.6. The number of fused-ring (bicyclic) bond motifs is 2. The summed E-state index contributed by atoms with van der Waals surface area (Å²) in [6.45, 7) is 3.86. The van der Waals surface area contributed by atoms with Gasteiger partial charge in [0.25, 0.3) is 5.91 Å². The molecule has 116 valence electrons. The van der Waals surface area contributed by atoms with Crippen LogP contribution in [0.15, 0.2) is 18.2 Å². The average molecular weight is 300 g/mol. The maximum Gasteiger partial charge on any atom is 0.289 e. The van der Waals surface area contributed by atoms with Crippen molar-refractivity contribution in [1.29, 1.82) is 0 Å². The number of nitrogens with zero attached hydrogens (tertiary/aromatic N) is 3. The van der Waals surface area contributed by atoms with Crippen molar-refractivity contribution in [3.8, 4) is 5.75 Å². The molecular weight excluding hydrogens is 280 g/mol. The van der Waals surface area contributed by atoms with E-state index < -0.39 is 0 Å². The Bertz CT molecular complexity index is 712. The van der Waals surface area contributed by atoms with Gasteiger partial charge in [0.1, 0.15) is 5.75 Å². The van der Waals surface area contributed by atoms with E-state index in [1.807, 2.05) is 23.1 Å². The summed E-state index contributed by atoms with van der Waals surface area (Å²) in [7, 11) is 3.77. The predicted octanol–water partition coefficient (Wildman–Crippen LogP) is 1.21. The summed E-state index contributed by atoms with van der Waals surface area (Å²) < 4.78 is 5.20. The zero-order valence-corrected chi connectivity index (χ0v) is 12.9. The number of H-pyrrole nitrogens is 1. The number of aromatic amines is 1. The Morgan fingerprint density at radius 3 is 2.68 bits per heavy atom. The average Bonchev–Trinajstić information content (AvgIpc) is 3.17. The number of hydrogen-bond donors (Lipinski definition) is 1. The molecule has 2 fully saturated rings. The van der Waals surface area contributed by atoms with Crippen LogP contribution >= 0.6 is 0 Å². The van der Waals surface area contributed by atoms with Crippen molar-refractivity contribution in [3.63, 3.8) is 0 Å². The van der Waals surface area contributed by atoms with Crippen molar-refractivity contribution in [3.05, 3.63) is 24.0 Å². The Balaban J connectivity index is 1.56. The summed E-state index contributed by atoms with van der Waals surface area (Å²) in [6.07, 6.45) is 0. The molecule has 1 aromatic carbocycles. The molecule has 1 amide bonds. The quantitative estimate of drug-likeness (QED) is 0.905. The third kappa shape index (κ3) is 2.14. The van der Waals surface area contributed by atoms with Crippen LogP contribution in [-0.2, 0) is 0 Å². The van der Waals surface area contributed by atoms with E-state index in [2.05, 4.69) is 21.9 Å². The normalized spacial score (nSPS) is 24.9. The molecule has 2 saturated heterocycles. The van der Waals surface area contributed by atoms with Gasteiger partial charge in [-0.1, -0.05) is 0 Å². The third-order valence-corrected chi connectivity index (χ3v) is 4.85. The summed E-state index contributed by atoms with van der Waals surface area (Å²) in [5.74, 6) is 2.40. The van der Waals surface area contributed by atoms with Gasteiger partial charge in [-0.3, -0.25) is 4.79 Å². The molecule has 0 bridgehead atoms. The molecule has 0 spiro atoms. The second-order valence-corrected chi connectivity index (χ2v) is 6.42. The monoisotopic (exact) mass is 300 g/mol. The highest BCUT2D eigenvalue weighted by molar-refractivity contribution is 5.94. The SMILES string of the molecule is COc1ccc2[nH]c(C(=O)N3C[C@H]4CN(C)C[C@H]4C3)nc2c1. The highest BCUT2D eigenvalue weighted by atomic mass is 16.5. The van der Waals surface area contributed by atoms with E-state index in [1.54, 1.807) is 7.11 Å². The molecule has 1 N–H and O–H groups in total. The minimum absolute atomic E-state index is 0.00669. The van der Waals surface area contributed by atoms with Gasteiger partial charge in [0.15, 0.2) is 5.82 Å². The lowest BCUT2D eigenvalue weighted by Gasteiger charge is -2.18. The first-order valence-corrected chi connectivity index (χ1v) is 7.65. The van der Waals surface area contributed by atoms with Gasteiger partial charge in [-0.05, 0) is 31.0 Å². The van der Waals surface area contributed by atoms with Gasteiger partial charge in [0, 0.05) is 32.2 Å². The predicted molar refractivity (Wildman–Crippen MR) is 83.0 cm³/mol. The number of hydrogen-bond acceptors (Lipinski definition) is 4. The Morgan fingerprint density at radius 2 is 2.00 bits per heavy atom. The van der Waals surface area contributed by atoms with Gasteiger partial charge in [0.05, 0.1) is 18.1 Å². The highest BCUT2D eigenvalue weighted by Crippen LogP contribution is 2.31. The Morgan fingerprint density at radius 1 is 1.27 bits per heavy atom. The number of benzene rings is 1. The van der Waals surface area contributed by atoms with Gasteiger partial charge in [-0.2, -0.15) is 0 Å². The number of nitrogens with one attached hydrogen (secondary N) is 1. The number of carbonyl (C=O) groups is 1. The van der Waals surface area contributed by atoms with Gasteiger partial charge < -0.3 is 19.5 Å². The smallest absolute Gasteiger partial charge is 0.289 e. The molecular formula is C16H20N4O2. The molecule has 3 heterocycles. The molecule has 2 aliphatic heterocycles. The van der Waals surface area contributed by atoms with Gasteiger partial charge >= 0.3 is 0 Å². The second-order valence-electron chi connectivity index (χ2n) is 6.42. The van der Waals surface area contributed by atoms with E-state index in [-0.39, 0.29) is 5.91 Å². The zero-order chi connectivity index (χ0) is 15.3. The molecule has 0 saturated carbocycles. The number of amides is 1. The van der Waals surface area contributed by atoms with Crippen LogP contribution in [0.1, 0.15) is 10.6 Å². The van der Waals surface area contributed by atoms with Gasteiger partial charge in [-0.15, -0.1) is 0 Å². The number of aromatic nitrogens is 2. The summed E-state index contributed by atoms with van der Waals surface area (Å²) in [6, 6.07) is 5.60. The number of carbonyl (C=O) groups excluding carboxylic acids is 1. The molecule has 0 unspecified atom stereocenters. The van der Waals surface area contributed by atoms with E-state index in [0.717, 1.165) is 43.0 Å². The van der Waals surface area contributed by atoms with Crippen molar-refractivity contribution in [2.45, 2.75) is 0 Å². The summed E-state index contributed by atoms with van der Waals surface area (Å²) >= 11 is 0. The molecule has 2 atom stereocenters. The van der Waals surface area contributed by atoms with Crippen LogP contribution in [0, 0.1) is 11.8 Å². The number of likely N-dealkylation sites (tertiary alicyclic amines) is 2. The van der Waals surface area contributed by atoms with Crippen LogP contribution in [0.2, 0.25) is 0 Å². The molecule has 0 radical (unpaired) electrons. The Kier molecular flexibility index (Phi) is 3.07. The number of rotatable bonds is 2. The van der Waals surface area contributed by atoms with E-state index in [1.165, 1.54) is 0 Å². The fraction of sp³-hybridized carbons (Fsp3) is 0.500. The van der Waals surface area contributed by atoms with Crippen LogP contribution in [0.25, 0.3) is 11.0 Å². The van der Waals surface area contributed by atoms with E-state index in [0.29, 0.717) is 17.7 Å². The summed E-state index contributed by atoms with van der Waals surface area (Å²) in [4.78, 5) is 24.5. The molecule has 22 heavy (non-hydrogen) atoms. The molecule has 6 nitrogen and oxygen atoms in total. The summed E-state index contributed by atoms with van der Waals surface area (Å²) in [5.41, 5.74) is 1.63. The van der Waals surface area contributed by atoms with Gasteiger partial charge in [-0.25, -0.2) is 4.98 Å². The molecule has 1 aromatic heterocycles. The first-order chi connectivity index (χ1) is 10.6. The molecule has 0 aliphatic carbocycles. The van der Waals surface area contributed by atoms with Crippen LogP contribution in [0.3, 0.4) is 0 Å². The maximum atomic E-state index is 12.7. The minimum Gasteiger partial charge on any atom is -0.497 e. The van der Waals surface area contributed by atoms with Crippen LogP contribution in [0.5, 0.6) is 5.75 Å². The fourth-order valence-electron chi connectivity index (χ4n) is 3.76. The third-order valence-electron chi connectivity index (χ3n) is 4.85. The van der Waals surface area contributed by atoms with Crippen LogP contribution < -0.4 is 4.74 Å². The Labute approximate surface area is 129 Å². The van der Waals surface area contributed by atoms with E-state index in [4.69, 9.17) is 4.74 Å². The zero-order valence-electron chi connectivity index (χ0n) is 12.9. The topological polar surface area (TPSA) is 61.5 Å². The van der Waals surface area contributed by atoms with Gasteiger partial charge in [0.2, 0.25) is 0 Å². The van der Waals surface area contributed by atoms with Crippen LogP contribution in [-0.4, -0.2) is 66.0 Å². The lowest BCUT2D eigenvalue weighted by molar-refractivity contribution is 0.0765. The van der Waals surface area contributed by atoms with Crippen molar-refractivity contribution in [2.75, 3.05) is 40.3 Å². The molecule has 6 heteroatoms. The largest absolute Gasteiger partial charge is 0.497 e. The van der Waals surface area contributed by atoms with Crippen molar-refractivity contribution in [1.82, 2.24) is 19.8 Å².